The Morgan fingerprint density at radius 2 is 1.65 bits per heavy atom. The molecule has 0 bridgehead atoms. The highest BCUT2D eigenvalue weighted by Gasteiger charge is 2.25. The number of halogens is 2. The molecule has 2 aromatic carbocycles. The third-order valence-corrected chi connectivity index (χ3v) is 4.87. The van der Waals surface area contributed by atoms with Gasteiger partial charge in [0, 0.05) is 4.47 Å². The lowest BCUT2D eigenvalue weighted by Gasteiger charge is -2.16. The van der Waals surface area contributed by atoms with Crippen LogP contribution in [0.25, 0.3) is 6.08 Å². The summed E-state index contributed by atoms with van der Waals surface area (Å²) in [6.07, 6.45) is 1.50. The van der Waals surface area contributed by atoms with Crippen LogP contribution in [-0.2, 0) is 16.2 Å². The SMILES string of the molecule is O=C1NC(=S)NC(=O)C1=Cc1ccc(OCc2ccc(Br)cc2)c(Br)c1. The summed E-state index contributed by atoms with van der Waals surface area (Å²) >= 11 is 11.6. The number of carbonyl (C=O) groups excluding carboxylic acids is 2. The molecule has 2 N–H and O–H groups in total. The third-order valence-electron chi connectivity index (χ3n) is 3.52. The van der Waals surface area contributed by atoms with Crippen molar-refractivity contribution in [3.63, 3.8) is 0 Å². The van der Waals surface area contributed by atoms with Crippen LogP contribution in [0, 0.1) is 0 Å². The van der Waals surface area contributed by atoms with E-state index < -0.39 is 11.8 Å². The number of rotatable bonds is 4. The number of benzene rings is 2. The first-order chi connectivity index (χ1) is 12.4. The van der Waals surface area contributed by atoms with E-state index in [-0.39, 0.29) is 10.7 Å². The maximum Gasteiger partial charge on any atom is 0.263 e. The van der Waals surface area contributed by atoms with Crippen LogP contribution in [0.5, 0.6) is 5.75 Å². The Labute approximate surface area is 172 Å². The topological polar surface area (TPSA) is 67.4 Å². The molecule has 8 heteroatoms. The standard InChI is InChI=1S/C18H12Br2N2O3S/c19-12-4-1-10(2-5-12)9-25-15-6-3-11(8-14(15)20)7-13-16(23)21-18(26)22-17(13)24/h1-8H,9H2,(H2,21,22,23,24,26). The Hall–Kier alpha value is -2.03. The largest absolute Gasteiger partial charge is 0.488 e. The van der Waals surface area contributed by atoms with E-state index in [1.54, 1.807) is 18.2 Å². The van der Waals surface area contributed by atoms with Gasteiger partial charge < -0.3 is 4.74 Å². The fourth-order valence-electron chi connectivity index (χ4n) is 2.24. The van der Waals surface area contributed by atoms with Crippen LogP contribution in [0.2, 0.25) is 0 Å². The fraction of sp³-hybridized carbons (Fsp3) is 0.0556. The number of ether oxygens (including phenoxy) is 1. The summed E-state index contributed by atoms with van der Waals surface area (Å²) in [6.45, 7) is 0.425. The summed E-state index contributed by atoms with van der Waals surface area (Å²) in [5, 5.41) is 4.81. The normalized spacial score (nSPS) is 13.9. The van der Waals surface area contributed by atoms with Crippen LogP contribution in [0.3, 0.4) is 0 Å². The van der Waals surface area contributed by atoms with Crippen LogP contribution >= 0.6 is 44.1 Å². The maximum absolute atomic E-state index is 11.9. The predicted octanol–water partition coefficient (Wildman–Crippen LogP) is 3.70. The van der Waals surface area contributed by atoms with E-state index in [0.29, 0.717) is 17.9 Å². The zero-order chi connectivity index (χ0) is 18.7. The zero-order valence-electron chi connectivity index (χ0n) is 13.2. The molecule has 1 heterocycles. The Morgan fingerprint density at radius 3 is 2.27 bits per heavy atom. The van der Waals surface area contributed by atoms with E-state index in [4.69, 9.17) is 17.0 Å². The van der Waals surface area contributed by atoms with Crippen molar-refractivity contribution in [2.75, 3.05) is 0 Å². The molecule has 0 aliphatic carbocycles. The molecule has 26 heavy (non-hydrogen) atoms. The van der Waals surface area contributed by atoms with Crippen molar-refractivity contribution in [1.29, 1.82) is 0 Å². The van der Waals surface area contributed by atoms with E-state index in [9.17, 15) is 9.59 Å². The highest BCUT2D eigenvalue weighted by atomic mass is 79.9. The second kappa shape index (κ2) is 8.11. The van der Waals surface area contributed by atoms with Crippen molar-refractivity contribution in [2.45, 2.75) is 6.61 Å². The van der Waals surface area contributed by atoms with Gasteiger partial charge in [-0.05, 0) is 69.6 Å². The molecule has 2 aromatic rings. The summed E-state index contributed by atoms with van der Waals surface area (Å²) in [5.41, 5.74) is 1.72. The molecule has 1 fully saturated rings. The van der Waals surface area contributed by atoms with Crippen LogP contribution in [0.1, 0.15) is 11.1 Å². The van der Waals surface area contributed by atoms with Crippen LogP contribution in [-0.4, -0.2) is 16.9 Å². The van der Waals surface area contributed by atoms with Gasteiger partial charge in [-0.25, -0.2) is 0 Å². The number of nitrogens with one attached hydrogen (secondary N) is 2. The molecular weight excluding hydrogens is 484 g/mol. The predicted molar refractivity (Wildman–Crippen MR) is 109 cm³/mol. The van der Waals surface area contributed by atoms with E-state index in [2.05, 4.69) is 42.5 Å². The molecule has 0 atom stereocenters. The van der Waals surface area contributed by atoms with Crippen LogP contribution in [0.4, 0.5) is 0 Å². The molecule has 3 rings (SSSR count). The molecule has 132 valence electrons. The molecule has 1 aliphatic heterocycles. The second-order valence-corrected chi connectivity index (χ2v) is 7.58. The van der Waals surface area contributed by atoms with Gasteiger partial charge in [0.2, 0.25) is 0 Å². The summed E-state index contributed by atoms with van der Waals surface area (Å²) in [6, 6.07) is 13.2. The molecule has 0 unspecified atom stereocenters. The lowest BCUT2D eigenvalue weighted by molar-refractivity contribution is -0.123. The summed E-state index contributed by atoms with van der Waals surface area (Å²) in [4.78, 5) is 23.8. The molecule has 0 spiro atoms. The lowest BCUT2D eigenvalue weighted by Crippen LogP contribution is -2.51. The van der Waals surface area contributed by atoms with Gasteiger partial charge in [-0.15, -0.1) is 0 Å². The van der Waals surface area contributed by atoms with Crippen molar-refractivity contribution >= 4 is 67.1 Å². The third kappa shape index (κ3) is 4.57. The number of carbonyl (C=O) groups is 2. The van der Waals surface area contributed by atoms with E-state index in [1.165, 1.54) is 6.08 Å². The molecule has 2 amide bonds. The average Bonchev–Trinajstić information content (AvgIpc) is 2.59. The highest BCUT2D eigenvalue weighted by Crippen LogP contribution is 2.28. The first-order valence-corrected chi connectivity index (χ1v) is 9.47. The van der Waals surface area contributed by atoms with Gasteiger partial charge in [0.25, 0.3) is 11.8 Å². The van der Waals surface area contributed by atoms with Crippen LogP contribution < -0.4 is 15.4 Å². The molecule has 5 nitrogen and oxygen atoms in total. The number of amides is 2. The minimum atomic E-state index is -0.523. The van der Waals surface area contributed by atoms with Gasteiger partial charge in [-0.2, -0.15) is 0 Å². The minimum absolute atomic E-state index is 0.00553. The van der Waals surface area contributed by atoms with E-state index in [1.807, 2.05) is 24.3 Å². The summed E-state index contributed by atoms with van der Waals surface area (Å²) in [7, 11) is 0. The van der Waals surface area contributed by atoms with Crippen molar-refractivity contribution < 1.29 is 14.3 Å². The first kappa shape index (κ1) is 18.8. The van der Waals surface area contributed by atoms with Gasteiger partial charge in [-0.1, -0.05) is 34.1 Å². The summed E-state index contributed by atoms with van der Waals surface area (Å²) < 4.78 is 7.53. The number of hydrogen-bond donors (Lipinski definition) is 2. The lowest BCUT2D eigenvalue weighted by atomic mass is 10.1. The second-order valence-electron chi connectivity index (χ2n) is 5.40. The van der Waals surface area contributed by atoms with Crippen molar-refractivity contribution in [3.8, 4) is 5.75 Å². The van der Waals surface area contributed by atoms with Crippen molar-refractivity contribution in [2.24, 2.45) is 0 Å². The number of thiocarbonyl (C=S) groups is 1. The van der Waals surface area contributed by atoms with Gasteiger partial charge in [0.05, 0.1) is 4.47 Å². The molecular formula is C18H12Br2N2O3S. The smallest absolute Gasteiger partial charge is 0.263 e. The molecule has 0 saturated carbocycles. The maximum atomic E-state index is 11.9. The van der Waals surface area contributed by atoms with Gasteiger partial charge in [0.15, 0.2) is 5.11 Å². The van der Waals surface area contributed by atoms with Crippen molar-refractivity contribution in [1.82, 2.24) is 10.6 Å². The highest BCUT2D eigenvalue weighted by molar-refractivity contribution is 9.10. The Balaban J connectivity index is 1.74. The van der Waals surface area contributed by atoms with E-state index >= 15 is 0 Å². The molecule has 0 aromatic heterocycles. The van der Waals surface area contributed by atoms with Gasteiger partial charge in [-0.3, -0.25) is 20.2 Å². The van der Waals surface area contributed by atoms with Gasteiger partial charge >= 0.3 is 0 Å². The Morgan fingerprint density at radius 1 is 1.00 bits per heavy atom. The average molecular weight is 496 g/mol. The van der Waals surface area contributed by atoms with Crippen LogP contribution in [0.15, 0.2) is 57.0 Å². The molecule has 0 radical (unpaired) electrons. The quantitative estimate of drug-likeness (QED) is 0.385. The van der Waals surface area contributed by atoms with Crippen molar-refractivity contribution in [3.05, 3.63) is 68.1 Å². The Bertz CT molecular complexity index is 905. The van der Waals surface area contributed by atoms with Gasteiger partial charge in [0.1, 0.15) is 17.9 Å². The first-order valence-electron chi connectivity index (χ1n) is 7.47. The van der Waals surface area contributed by atoms with E-state index in [0.717, 1.165) is 14.5 Å². The number of hydrogen-bond acceptors (Lipinski definition) is 4. The fourth-order valence-corrected chi connectivity index (χ4v) is 3.20. The monoisotopic (exact) mass is 494 g/mol. The summed E-state index contributed by atoms with van der Waals surface area (Å²) in [5.74, 6) is -0.385. The minimum Gasteiger partial charge on any atom is -0.488 e. The Kier molecular flexibility index (Phi) is 5.85. The molecule has 1 aliphatic rings. The zero-order valence-corrected chi connectivity index (χ0v) is 17.2. The molecule has 1 saturated heterocycles.